The molecule has 94 valence electrons. The molecule has 0 saturated carbocycles. The van der Waals surface area contributed by atoms with Crippen LogP contribution in [0.1, 0.15) is 50.2 Å². The van der Waals surface area contributed by atoms with Gasteiger partial charge in [-0.15, -0.1) is 6.42 Å². The third-order valence-electron chi connectivity index (χ3n) is 3.23. The average Bonchev–Trinajstić information content (AvgIpc) is 2.60. The van der Waals surface area contributed by atoms with Gasteiger partial charge in [-0.2, -0.15) is 5.10 Å². The van der Waals surface area contributed by atoms with Crippen molar-refractivity contribution in [3.05, 3.63) is 17.0 Å². The molecule has 0 bridgehead atoms. The number of nitrogens with one attached hydrogen (secondary N) is 1. The molecule has 1 rings (SSSR count). The third-order valence-corrected chi connectivity index (χ3v) is 3.23. The summed E-state index contributed by atoms with van der Waals surface area (Å²) in [5, 5.41) is 8.00. The summed E-state index contributed by atoms with van der Waals surface area (Å²) in [6.45, 7) is 11.4. The van der Waals surface area contributed by atoms with E-state index in [4.69, 9.17) is 6.42 Å². The van der Waals surface area contributed by atoms with E-state index >= 15 is 0 Å². The first-order chi connectivity index (χ1) is 8.04. The van der Waals surface area contributed by atoms with Crippen molar-refractivity contribution < 1.29 is 0 Å². The molecule has 1 heterocycles. The Morgan fingerprint density at radius 3 is 2.47 bits per heavy atom. The third kappa shape index (κ3) is 2.89. The van der Waals surface area contributed by atoms with Gasteiger partial charge in [0.25, 0.3) is 0 Å². The maximum absolute atomic E-state index is 5.48. The molecule has 0 aromatic carbocycles. The molecule has 0 fully saturated rings. The highest BCUT2D eigenvalue weighted by Crippen LogP contribution is 2.21. The van der Waals surface area contributed by atoms with Crippen LogP contribution in [0.5, 0.6) is 0 Å². The van der Waals surface area contributed by atoms with Crippen LogP contribution in [0.25, 0.3) is 0 Å². The summed E-state index contributed by atoms with van der Waals surface area (Å²) in [6, 6.07) is 0.380. The lowest BCUT2D eigenvalue weighted by Gasteiger charge is -2.19. The van der Waals surface area contributed by atoms with Crippen LogP contribution in [0.3, 0.4) is 0 Å². The van der Waals surface area contributed by atoms with Gasteiger partial charge in [0.05, 0.1) is 11.7 Å². The van der Waals surface area contributed by atoms with Gasteiger partial charge >= 0.3 is 0 Å². The predicted octanol–water partition coefficient (Wildman–Crippen LogP) is 2.58. The van der Waals surface area contributed by atoms with E-state index in [1.165, 1.54) is 11.3 Å². The van der Waals surface area contributed by atoms with E-state index in [0.717, 1.165) is 18.7 Å². The summed E-state index contributed by atoms with van der Waals surface area (Å²) in [7, 11) is 0. The number of hydrogen-bond acceptors (Lipinski definition) is 2. The predicted molar refractivity (Wildman–Crippen MR) is 71.8 cm³/mol. The second kappa shape index (κ2) is 5.88. The first-order valence-corrected chi connectivity index (χ1v) is 6.31. The van der Waals surface area contributed by atoms with Gasteiger partial charge in [0, 0.05) is 23.8 Å². The molecule has 1 aromatic heterocycles. The Balaban J connectivity index is 2.93. The van der Waals surface area contributed by atoms with Gasteiger partial charge in [-0.05, 0) is 34.1 Å². The summed E-state index contributed by atoms with van der Waals surface area (Å²) in [6.07, 6.45) is 6.43. The first kappa shape index (κ1) is 13.8. The Morgan fingerprint density at radius 2 is 2.06 bits per heavy atom. The van der Waals surface area contributed by atoms with Crippen LogP contribution >= 0.6 is 0 Å². The zero-order valence-electron chi connectivity index (χ0n) is 11.5. The molecule has 0 aliphatic rings. The second-order valence-corrected chi connectivity index (χ2v) is 4.42. The van der Waals surface area contributed by atoms with Gasteiger partial charge in [0.15, 0.2) is 0 Å². The van der Waals surface area contributed by atoms with Crippen molar-refractivity contribution in [1.82, 2.24) is 15.1 Å². The lowest BCUT2D eigenvalue weighted by Crippen LogP contribution is -2.30. The molecule has 0 amide bonds. The van der Waals surface area contributed by atoms with E-state index in [-0.39, 0.29) is 12.1 Å². The number of nitrogens with zero attached hydrogens (tertiary/aromatic N) is 2. The molecule has 0 aliphatic heterocycles. The highest BCUT2D eigenvalue weighted by molar-refractivity contribution is 5.28. The average molecular weight is 233 g/mol. The van der Waals surface area contributed by atoms with E-state index in [1.54, 1.807) is 0 Å². The number of aromatic nitrogens is 2. The molecule has 1 N–H and O–H groups in total. The van der Waals surface area contributed by atoms with Gasteiger partial charge in [-0.3, -0.25) is 10.00 Å². The number of rotatable bonds is 5. The summed E-state index contributed by atoms with van der Waals surface area (Å²) in [5.41, 5.74) is 3.61. The lowest BCUT2D eigenvalue weighted by atomic mass is 10.0. The minimum atomic E-state index is 0.133. The van der Waals surface area contributed by atoms with Crippen molar-refractivity contribution in [2.24, 2.45) is 0 Å². The zero-order chi connectivity index (χ0) is 13.0. The normalized spacial score (nSPS) is 14.4. The van der Waals surface area contributed by atoms with Gasteiger partial charge < -0.3 is 0 Å². The molecule has 2 atom stereocenters. The Morgan fingerprint density at radius 1 is 1.41 bits per heavy atom. The Labute approximate surface area is 105 Å². The molecule has 0 aliphatic carbocycles. The quantitative estimate of drug-likeness (QED) is 0.792. The standard InChI is InChI=1S/C14H23N3/c1-7-13(8-2)15-10(4)14-11(5)16-17(9-3)12(14)6/h1,10,13,15H,8-9H2,2-6H3. The maximum Gasteiger partial charge on any atom is 0.0688 e. The Hall–Kier alpha value is -1.27. The van der Waals surface area contributed by atoms with Gasteiger partial charge in [0.2, 0.25) is 0 Å². The Bertz CT molecular complexity index is 412. The fourth-order valence-electron chi connectivity index (χ4n) is 2.31. The van der Waals surface area contributed by atoms with Crippen molar-refractivity contribution in [1.29, 1.82) is 0 Å². The van der Waals surface area contributed by atoms with Crippen molar-refractivity contribution in [2.75, 3.05) is 0 Å². The minimum absolute atomic E-state index is 0.133. The minimum Gasteiger partial charge on any atom is -0.297 e. The van der Waals surface area contributed by atoms with Gasteiger partial charge in [-0.1, -0.05) is 12.8 Å². The fourth-order valence-corrected chi connectivity index (χ4v) is 2.31. The molecule has 17 heavy (non-hydrogen) atoms. The smallest absolute Gasteiger partial charge is 0.0688 e. The zero-order valence-corrected chi connectivity index (χ0v) is 11.5. The second-order valence-electron chi connectivity index (χ2n) is 4.42. The van der Waals surface area contributed by atoms with E-state index < -0.39 is 0 Å². The van der Waals surface area contributed by atoms with Crippen LogP contribution in [-0.4, -0.2) is 15.8 Å². The highest BCUT2D eigenvalue weighted by Gasteiger charge is 2.18. The fraction of sp³-hybridized carbons (Fsp3) is 0.643. The highest BCUT2D eigenvalue weighted by atomic mass is 15.3. The lowest BCUT2D eigenvalue weighted by molar-refractivity contribution is 0.508. The largest absolute Gasteiger partial charge is 0.297 e. The summed E-state index contributed by atoms with van der Waals surface area (Å²) in [5.74, 6) is 2.77. The molecule has 0 radical (unpaired) electrons. The van der Waals surface area contributed by atoms with E-state index in [9.17, 15) is 0 Å². The van der Waals surface area contributed by atoms with E-state index in [2.05, 4.69) is 51.0 Å². The summed E-state index contributed by atoms with van der Waals surface area (Å²) in [4.78, 5) is 0. The molecule has 3 nitrogen and oxygen atoms in total. The van der Waals surface area contributed by atoms with Gasteiger partial charge in [0.1, 0.15) is 0 Å². The van der Waals surface area contributed by atoms with Crippen LogP contribution in [0, 0.1) is 26.2 Å². The molecule has 0 spiro atoms. The van der Waals surface area contributed by atoms with Crippen molar-refractivity contribution in [3.8, 4) is 12.3 Å². The van der Waals surface area contributed by atoms with E-state index in [0.29, 0.717) is 0 Å². The van der Waals surface area contributed by atoms with Crippen LogP contribution in [-0.2, 0) is 6.54 Å². The van der Waals surface area contributed by atoms with Crippen molar-refractivity contribution in [3.63, 3.8) is 0 Å². The van der Waals surface area contributed by atoms with Gasteiger partial charge in [-0.25, -0.2) is 0 Å². The molecular weight excluding hydrogens is 210 g/mol. The van der Waals surface area contributed by atoms with Crippen molar-refractivity contribution >= 4 is 0 Å². The summed E-state index contributed by atoms with van der Waals surface area (Å²) < 4.78 is 2.04. The molecular formula is C14H23N3. The first-order valence-electron chi connectivity index (χ1n) is 6.31. The SMILES string of the molecule is C#CC(CC)NC(C)c1c(C)nn(CC)c1C. The number of hydrogen-bond donors (Lipinski definition) is 1. The van der Waals surface area contributed by atoms with Crippen LogP contribution in [0.15, 0.2) is 0 Å². The molecule has 3 heteroatoms. The molecule has 2 unspecified atom stereocenters. The number of terminal acetylenes is 1. The molecule has 1 aromatic rings. The van der Waals surface area contributed by atoms with E-state index in [1.807, 2.05) is 4.68 Å². The van der Waals surface area contributed by atoms with Crippen LogP contribution < -0.4 is 5.32 Å². The summed E-state index contributed by atoms with van der Waals surface area (Å²) >= 11 is 0. The monoisotopic (exact) mass is 233 g/mol. The van der Waals surface area contributed by atoms with Crippen LogP contribution in [0.4, 0.5) is 0 Å². The van der Waals surface area contributed by atoms with Crippen LogP contribution in [0.2, 0.25) is 0 Å². The Kier molecular flexibility index (Phi) is 4.77. The topological polar surface area (TPSA) is 29.9 Å². The maximum atomic E-state index is 5.48. The van der Waals surface area contributed by atoms with Crippen molar-refractivity contribution in [2.45, 2.75) is 59.7 Å². The number of aryl methyl sites for hydroxylation is 2. The molecule has 0 saturated heterocycles.